The van der Waals surface area contributed by atoms with Crippen molar-refractivity contribution in [3.8, 4) is 0 Å². The van der Waals surface area contributed by atoms with E-state index in [4.69, 9.17) is 0 Å². The van der Waals surface area contributed by atoms with Crippen molar-refractivity contribution in [2.75, 3.05) is 0 Å². The largest absolute Gasteiger partial charge is 0.308 e. The van der Waals surface area contributed by atoms with Gasteiger partial charge < -0.3 is 5.32 Å². The molecule has 2 nitrogen and oxygen atoms in total. The van der Waals surface area contributed by atoms with Crippen LogP contribution in [0.2, 0.25) is 0 Å². The zero-order valence-electron chi connectivity index (χ0n) is 10.0. The van der Waals surface area contributed by atoms with Crippen LogP contribution in [0.25, 0.3) is 0 Å². The summed E-state index contributed by atoms with van der Waals surface area (Å²) in [7, 11) is 0. The summed E-state index contributed by atoms with van der Waals surface area (Å²) in [5.41, 5.74) is 2.61. The quantitative estimate of drug-likeness (QED) is 0.857. The van der Waals surface area contributed by atoms with Gasteiger partial charge in [-0.25, -0.2) is 0 Å². The molecule has 0 fully saturated rings. The van der Waals surface area contributed by atoms with Crippen molar-refractivity contribution in [3.63, 3.8) is 0 Å². The number of pyridine rings is 1. The molecule has 1 rings (SSSR count). The molecule has 1 heterocycles. The Balaban J connectivity index is 0.00000196. The Bertz CT molecular complexity index is 297. The lowest BCUT2D eigenvalue weighted by Gasteiger charge is -2.24. The molecule has 0 aromatic carbocycles. The predicted octanol–water partition coefficient (Wildman–Crippen LogP) is 3.09. The number of rotatable bonds is 4. The van der Waals surface area contributed by atoms with Crippen molar-refractivity contribution in [1.82, 2.24) is 10.3 Å². The van der Waals surface area contributed by atoms with Gasteiger partial charge in [-0.15, -0.1) is 12.4 Å². The monoisotopic (exact) mass is 228 g/mol. The number of aromatic nitrogens is 1. The average Bonchev–Trinajstić information content (AvgIpc) is 2.17. The number of aryl methyl sites for hydroxylation is 1. The van der Waals surface area contributed by atoms with Gasteiger partial charge in [-0.1, -0.05) is 13.0 Å². The summed E-state index contributed by atoms with van der Waals surface area (Å²) in [4.78, 5) is 4.27. The van der Waals surface area contributed by atoms with Crippen molar-refractivity contribution >= 4 is 12.4 Å². The molecule has 0 atom stereocenters. The predicted molar refractivity (Wildman–Crippen MR) is 67.4 cm³/mol. The molecule has 0 amide bonds. The maximum absolute atomic E-state index is 4.27. The fourth-order valence-corrected chi connectivity index (χ4v) is 1.16. The summed E-state index contributed by atoms with van der Waals surface area (Å²) in [5.74, 6) is 0. The smallest absolute Gasteiger partial charge is 0.0417 e. The minimum absolute atomic E-state index is 0. The van der Waals surface area contributed by atoms with E-state index in [-0.39, 0.29) is 17.9 Å². The zero-order valence-corrected chi connectivity index (χ0v) is 10.8. The molecule has 0 unspecified atom stereocenters. The summed E-state index contributed by atoms with van der Waals surface area (Å²) in [6.45, 7) is 9.59. The van der Waals surface area contributed by atoms with E-state index in [1.165, 1.54) is 5.56 Å². The number of hydrogen-bond acceptors (Lipinski definition) is 2. The van der Waals surface area contributed by atoms with Crippen molar-refractivity contribution in [2.45, 2.75) is 46.2 Å². The molecule has 0 spiro atoms. The second kappa shape index (κ2) is 6.09. The Morgan fingerprint density at radius 1 is 1.40 bits per heavy atom. The van der Waals surface area contributed by atoms with Crippen LogP contribution in [-0.2, 0) is 6.54 Å². The third kappa shape index (κ3) is 4.63. The highest BCUT2D eigenvalue weighted by molar-refractivity contribution is 5.85. The molecule has 0 radical (unpaired) electrons. The normalized spacial score (nSPS) is 10.9. The SMILES string of the molecule is CCC(C)(C)NCc1cccnc1C.Cl. The van der Waals surface area contributed by atoms with E-state index in [0.29, 0.717) is 0 Å². The van der Waals surface area contributed by atoms with Crippen LogP contribution in [0, 0.1) is 6.92 Å². The molecule has 0 saturated carbocycles. The lowest BCUT2D eigenvalue weighted by molar-refractivity contribution is 0.374. The summed E-state index contributed by atoms with van der Waals surface area (Å²) in [6.07, 6.45) is 2.97. The molecular weight excluding hydrogens is 208 g/mol. The van der Waals surface area contributed by atoms with Crippen molar-refractivity contribution in [1.29, 1.82) is 0 Å². The van der Waals surface area contributed by atoms with Gasteiger partial charge in [0.05, 0.1) is 0 Å². The molecular formula is C12H21ClN2. The number of hydrogen-bond donors (Lipinski definition) is 1. The first-order valence-electron chi connectivity index (χ1n) is 5.20. The minimum Gasteiger partial charge on any atom is -0.308 e. The molecule has 15 heavy (non-hydrogen) atoms. The molecule has 0 aliphatic heterocycles. The molecule has 0 aliphatic rings. The van der Waals surface area contributed by atoms with Gasteiger partial charge in [-0.3, -0.25) is 4.98 Å². The Labute approximate surface area is 98.9 Å². The molecule has 3 heteroatoms. The van der Waals surface area contributed by atoms with Crippen LogP contribution in [-0.4, -0.2) is 10.5 Å². The first kappa shape index (κ1) is 14.4. The fraction of sp³-hybridized carbons (Fsp3) is 0.583. The van der Waals surface area contributed by atoms with Gasteiger partial charge in [0.1, 0.15) is 0 Å². The zero-order chi connectivity index (χ0) is 10.6. The van der Waals surface area contributed by atoms with E-state index in [9.17, 15) is 0 Å². The maximum Gasteiger partial charge on any atom is 0.0417 e. The van der Waals surface area contributed by atoms with Crippen LogP contribution >= 0.6 is 12.4 Å². The third-order valence-electron chi connectivity index (χ3n) is 2.76. The lowest BCUT2D eigenvalue weighted by Crippen LogP contribution is -2.38. The third-order valence-corrected chi connectivity index (χ3v) is 2.76. The van der Waals surface area contributed by atoms with Crippen LogP contribution in [0.15, 0.2) is 18.3 Å². The first-order valence-corrected chi connectivity index (χ1v) is 5.20. The lowest BCUT2D eigenvalue weighted by atomic mass is 10.0. The Hall–Kier alpha value is -0.600. The van der Waals surface area contributed by atoms with E-state index < -0.39 is 0 Å². The molecule has 0 saturated heterocycles. The van der Waals surface area contributed by atoms with Crippen LogP contribution in [0.1, 0.15) is 38.4 Å². The number of halogens is 1. The van der Waals surface area contributed by atoms with Gasteiger partial charge in [0.25, 0.3) is 0 Å². The first-order chi connectivity index (χ1) is 6.55. The summed E-state index contributed by atoms with van der Waals surface area (Å²) in [6, 6.07) is 4.12. The second-order valence-corrected chi connectivity index (χ2v) is 4.34. The van der Waals surface area contributed by atoms with Crippen LogP contribution in [0.4, 0.5) is 0 Å². The second-order valence-electron chi connectivity index (χ2n) is 4.34. The summed E-state index contributed by atoms with van der Waals surface area (Å²) >= 11 is 0. The Morgan fingerprint density at radius 3 is 2.60 bits per heavy atom. The number of nitrogens with one attached hydrogen (secondary N) is 1. The highest BCUT2D eigenvalue weighted by Crippen LogP contribution is 2.10. The molecule has 1 aromatic heterocycles. The molecule has 1 aromatic rings. The molecule has 86 valence electrons. The van der Waals surface area contributed by atoms with Crippen LogP contribution in [0.3, 0.4) is 0 Å². The van der Waals surface area contributed by atoms with E-state index in [1.54, 1.807) is 0 Å². The van der Waals surface area contributed by atoms with E-state index >= 15 is 0 Å². The minimum atomic E-state index is 0. The molecule has 0 aliphatic carbocycles. The van der Waals surface area contributed by atoms with E-state index in [1.807, 2.05) is 12.3 Å². The Morgan fingerprint density at radius 2 is 2.07 bits per heavy atom. The Kier molecular flexibility index (Phi) is 5.84. The maximum atomic E-state index is 4.27. The van der Waals surface area contributed by atoms with Gasteiger partial charge in [0, 0.05) is 24.0 Å². The van der Waals surface area contributed by atoms with Crippen molar-refractivity contribution in [2.24, 2.45) is 0 Å². The highest BCUT2D eigenvalue weighted by atomic mass is 35.5. The molecule has 1 N–H and O–H groups in total. The topological polar surface area (TPSA) is 24.9 Å². The van der Waals surface area contributed by atoms with E-state index in [2.05, 4.69) is 44.1 Å². The standard InChI is InChI=1S/C12H20N2.ClH/c1-5-12(3,4)14-9-11-7-6-8-13-10(11)2;/h6-8,14H,5,9H2,1-4H3;1H. The van der Waals surface area contributed by atoms with Crippen LogP contribution < -0.4 is 5.32 Å². The van der Waals surface area contributed by atoms with Crippen molar-refractivity contribution < 1.29 is 0 Å². The van der Waals surface area contributed by atoms with Gasteiger partial charge in [-0.2, -0.15) is 0 Å². The van der Waals surface area contributed by atoms with E-state index in [0.717, 1.165) is 18.7 Å². The fourth-order valence-electron chi connectivity index (χ4n) is 1.16. The van der Waals surface area contributed by atoms with Gasteiger partial charge in [0.15, 0.2) is 0 Å². The average molecular weight is 229 g/mol. The summed E-state index contributed by atoms with van der Waals surface area (Å²) < 4.78 is 0. The van der Waals surface area contributed by atoms with Gasteiger partial charge in [0.2, 0.25) is 0 Å². The highest BCUT2D eigenvalue weighted by Gasteiger charge is 2.13. The number of nitrogens with zero attached hydrogens (tertiary/aromatic N) is 1. The van der Waals surface area contributed by atoms with Crippen molar-refractivity contribution in [3.05, 3.63) is 29.6 Å². The van der Waals surface area contributed by atoms with Crippen LogP contribution in [0.5, 0.6) is 0 Å². The molecule has 0 bridgehead atoms. The van der Waals surface area contributed by atoms with Gasteiger partial charge in [-0.05, 0) is 38.8 Å². The summed E-state index contributed by atoms with van der Waals surface area (Å²) in [5, 5.41) is 3.53. The van der Waals surface area contributed by atoms with Gasteiger partial charge >= 0.3 is 0 Å².